The van der Waals surface area contributed by atoms with E-state index in [1.807, 2.05) is 0 Å². The second-order valence-electron chi connectivity index (χ2n) is 17.4. The van der Waals surface area contributed by atoms with Gasteiger partial charge in [-0.15, -0.1) is 0 Å². The maximum atomic E-state index is 13.8. The van der Waals surface area contributed by atoms with Crippen LogP contribution in [0.4, 0.5) is 61.7 Å². The molecule has 0 aliphatic carbocycles. The largest absolute Gasteiger partial charge is 0.491 e. The van der Waals surface area contributed by atoms with E-state index < -0.39 is 58.0 Å². The Kier molecular flexibility index (Phi) is 19.2. The first-order valence-corrected chi connectivity index (χ1v) is 29.2. The zero-order chi connectivity index (χ0) is 57.2. The number of ether oxygens (including phenoxy) is 2. The molecule has 6 aromatic carbocycles. The molecule has 6 aromatic rings. The second-order valence-corrected chi connectivity index (χ2v) is 23.4. The van der Waals surface area contributed by atoms with Crippen LogP contribution in [0.1, 0.15) is 46.2 Å². The minimum atomic E-state index is -4.38. The van der Waals surface area contributed by atoms with Gasteiger partial charge >= 0.3 is 6.03 Å². The first-order chi connectivity index (χ1) is 36.5. The van der Waals surface area contributed by atoms with Crippen molar-refractivity contribution in [3.63, 3.8) is 0 Å². The van der Waals surface area contributed by atoms with Crippen LogP contribution in [0.15, 0.2) is 148 Å². The molecule has 0 bridgehead atoms. The lowest BCUT2D eigenvalue weighted by Gasteiger charge is -2.17. The zero-order valence-electron chi connectivity index (χ0n) is 42.5. The lowest BCUT2D eigenvalue weighted by molar-refractivity contribution is 0.261. The molecule has 0 atom stereocenters. The van der Waals surface area contributed by atoms with E-state index in [-0.39, 0.29) is 58.7 Å². The normalized spacial score (nSPS) is 12.5. The van der Waals surface area contributed by atoms with Gasteiger partial charge < -0.3 is 20.1 Å². The standard InChI is InChI=1S/C49H52N10O15S4/c1-29-23-41(31(3)21-39(29)54-52-35-9-13-37(14-10-35)77(67,68)69)56-58-43-27-47(73-17-7-19-75(61,62)63)45(25-33(43)5)50-49(60)51-46-26-34(6)44(28-48(46)74-18-8-20-76(64,65)66)59-57-42-24-30(2)40(22-32(42)4)55-53-36-11-15-38(16-12-36)78(70,71)72/h9-16,21-28H,7-8,17-20H2,1-6H3,(H2,50,51,60)(H,61,62,63)(H,64,65,66)(H,67,68,69)(H,70,71,72). The molecule has 0 heterocycles. The number of rotatable bonds is 22. The van der Waals surface area contributed by atoms with E-state index in [4.69, 9.17) is 9.47 Å². The number of carbonyl (C=O) groups is 1. The Labute approximate surface area is 449 Å². The summed E-state index contributed by atoms with van der Waals surface area (Å²) in [6.07, 6.45) is -0.238. The van der Waals surface area contributed by atoms with Crippen molar-refractivity contribution in [3.05, 3.63) is 130 Å². The quantitative estimate of drug-likeness (QED) is 0.0209. The number of hydrogen-bond acceptors (Lipinski definition) is 19. The van der Waals surface area contributed by atoms with E-state index >= 15 is 0 Å². The average Bonchev–Trinajstić information content (AvgIpc) is 3.35. The summed E-state index contributed by atoms with van der Waals surface area (Å²) in [6, 6.07) is 22.5. The molecule has 0 radical (unpaired) electrons. The number of urea groups is 1. The van der Waals surface area contributed by atoms with Gasteiger partial charge in [0, 0.05) is 12.1 Å². The maximum absolute atomic E-state index is 13.8. The number of nitrogens with one attached hydrogen (secondary N) is 2. The van der Waals surface area contributed by atoms with Crippen molar-refractivity contribution >= 4 is 103 Å². The van der Waals surface area contributed by atoms with Crippen molar-refractivity contribution in [1.82, 2.24) is 0 Å². The van der Waals surface area contributed by atoms with Crippen LogP contribution in [0.5, 0.6) is 11.5 Å². The predicted molar refractivity (Wildman–Crippen MR) is 289 cm³/mol. The van der Waals surface area contributed by atoms with Gasteiger partial charge in [-0.2, -0.15) is 74.6 Å². The van der Waals surface area contributed by atoms with E-state index in [9.17, 15) is 56.7 Å². The monoisotopic (exact) mass is 1150 g/mol. The SMILES string of the molecule is Cc1cc(N=Nc2cc(OCCCS(=O)(=O)O)c(NC(=O)Nc3cc(C)c(N=Nc4cc(C)c(N=Nc5ccc(S(=O)(=O)O)cc5)cc4C)cc3OCCCS(=O)(=O)O)cc2C)c(C)cc1N=Nc1ccc(S(=O)(=O)O)cc1. The molecular weight excluding hydrogens is 1100 g/mol. The Morgan fingerprint density at radius 2 is 0.679 bits per heavy atom. The van der Waals surface area contributed by atoms with Crippen LogP contribution in [0, 0.1) is 41.5 Å². The molecule has 0 fully saturated rings. The summed E-state index contributed by atoms with van der Waals surface area (Å²) < 4.78 is 140. The van der Waals surface area contributed by atoms with Gasteiger partial charge in [-0.05, 0) is 173 Å². The fourth-order valence-electron chi connectivity index (χ4n) is 6.94. The fourth-order valence-corrected chi connectivity index (χ4v) is 8.86. The highest BCUT2D eigenvalue weighted by atomic mass is 32.2. The van der Waals surface area contributed by atoms with Crippen LogP contribution in [0.25, 0.3) is 0 Å². The highest BCUT2D eigenvalue weighted by molar-refractivity contribution is 7.86. The average molecular weight is 1150 g/mol. The van der Waals surface area contributed by atoms with Crippen molar-refractivity contribution in [2.75, 3.05) is 35.4 Å². The summed E-state index contributed by atoms with van der Waals surface area (Å²) in [5.41, 5.74) is 7.13. The van der Waals surface area contributed by atoms with Crippen molar-refractivity contribution < 1.29 is 66.2 Å². The highest BCUT2D eigenvalue weighted by Crippen LogP contribution is 2.39. The van der Waals surface area contributed by atoms with Gasteiger partial charge in [0.25, 0.3) is 40.5 Å². The zero-order valence-corrected chi connectivity index (χ0v) is 45.7. The van der Waals surface area contributed by atoms with Crippen LogP contribution >= 0.6 is 0 Å². The molecule has 6 N–H and O–H groups in total. The topological polar surface area (TPSA) is 376 Å². The number of carbonyl (C=O) groups excluding carboxylic acids is 1. The van der Waals surface area contributed by atoms with Gasteiger partial charge in [0.15, 0.2) is 0 Å². The number of amides is 2. The summed E-state index contributed by atoms with van der Waals surface area (Å²) in [7, 11) is -17.4. The second kappa shape index (κ2) is 25.1. The molecule has 0 saturated heterocycles. The van der Waals surface area contributed by atoms with Crippen LogP contribution < -0.4 is 20.1 Å². The van der Waals surface area contributed by atoms with Crippen LogP contribution in [-0.2, 0) is 40.5 Å². The third-order valence-corrected chi connectivity index (χ3v) is 14.4. The number of hydrogen-bond donors (Lipinski definition) is 6. The van der Waals surface area contributed by atoms with Crippen LogP contribution in [0.2, 0.25) is 0 Å². The van der Waals surface area contributed by atoms with E-state index in [0.29, 0.717) is 78.9 Å². The molecule has 412 valence electrons. The third kappa shape index (κ3) is 17.6. The van der Waals surface area contributed by atoms with Crippen LogP contribution in [0.3, 0.4) is 0 Å². The van der Waals surface area contributed by atoms with Gasteiger partial charge in [0.2, 0.25) is 0 Å². The number of azo groups is 4. The van der Waals surface area contributed by atoms with Gasteiger partial charge in [0.1, 0.15) is 11.5 Å². The maximum Gasteiger partial charge on any atom is 0.323 e. The molecule has 25 nitrogen and oxygen atoms in total. The summed E-state index contributed by atoms with van der Waals surface area (Å²) in [5.74, 6) is -1.10. The lowest BCUT2D eigenvalue weighted by atomic mass is 10.1. The van der Waals surface area contributed by atoms with E-state index in [1.54, 1.807) is 77.9 Å². The van der Waals surface area contributed by atoms with Gasteiger partial charge in [0.05, 0.1) is 91.4 Å². The number of aryl methyl sites for hydroxylation is 6. The molecule has 0 aliphatic heterocycles. The summed E-state index contributed by atoms with van der Waals surface area (Å²) >= 11 is 0. The first-order valence-electron chi connectivity index (χ1n) is 23.1. The summed E-state index contributed by atoms with van der Waals surface area (Å²) in [6.45, 7) is 10.1. The smallest absolute Gasteiger partial charge is 0.323 e. The Morgan fingerprint density at radius 1 is 0.410 bits per heavy atom. The minimum absolute atomic E-state index is 0.0524. The molecular formula is C49H52N10O15S4. The number of nitrogens with zero attached hydrogens (tertiary/aromatic N) is 8. The molecule has 29 heteroatoms. The number of benzene rings is 6. The number of anilines is 2. The minimum Gasteiger partial charge on any atom is -0.491 e. The molecule has 78 heavy (non-hydrogen) atoms. The molecule has 0 aliphatic rings. The summed E-state index contributed by atoms with van der Waals surface area (Å²) in [5, 5.41) is 40.1. The van der Waals surface area contributed by atoms with Gasteiger partial charge in [-0.3, -0.25) is 18.2 Å². The molecule has 6 rings (SSSR count). The lowest BCUT2D eigenvalue weighted by Crippen LogP contribution is -2.21. The fraction of sp³-hybridized carbons (Fsp3) is 0.245. The van der Waals surface area contributed by atoms with Crippen molar-refractivity contribution in [3.8, 4) is 11.5 Å². The summed E-state index contributed by atoms with van der Waals surface area (Å²) in [4.78, 5) is 13.3. The molecule has 0 aromatic heterocycles. The Bertz CT molecular complexity index is 3590. The highest BCUT2D eigenvalue weighted by Gasteiger charge is 2.18. The van der Waals surface area contributed by atoms with E-state index in [2.05, 4.69) is 51.5 Å². The Hall–Kier alpha value is -7.77. The first kappa shape index (κ1) is 59.5. The van der Waals surface area contributed by atoms with Gasteiger partial charge in [-0.25, -0.2) is 4.79 Å². The predicted octanol–water partition coefficient (Wildman–Crippen LogP) is 12.6. The van der Waals surface area contributed by atoms with E-state index in [1.165, 1.54) is 60.7 Å². The third-order valence-electron chi connectivity index (χ3n) is 11.1. The molecule has 0 unspecified atom stereocenters. The Morgan fingerprint density at radius 3 is 0.962 bits per heavy atom. The van der Waals surface area contributed by atoms with Crippen LogP contribution in [-0.4, -0.2) is 82.6 Å². The van der Waals surface area contributed by atoms with Gasteiger partial charge in [-0.1, -0.05) is 0 Å². The van der Waals surface area contributed by atoms with Crippen molar-refractivity contribution in [2.24, 2.45) is 40.9 Å². The van der Waals surface area contributed by atoms with Crippen molar-refractivity contribution in [1.29, 1.82) is 0 Å². The molecule has 0 saturated carbocycles. The van der Waals surface area contributed by atoms with E-state index in [0.717, 1.165) is 0 Å². The van der Waals surface area contributed by atoms with Crippen molar-refractivity contribution in [2.45, 2.75) is 64.2 Å². The molecule has 0 spiro atoms. The molecule has 2 amide bonds. The Balaban J connectivity index is 1.23.